The Morgan fingerprint density at radius 2 is 1.26 bits per heavy atom. The van der Waals surface area contributed by atoms with E-state index in [9.17, 15) is 4.79 Å². The highest BCUT2D eigenvalue weighted by Gasteiger charge is 2.22. The first-order valence-electron chi connectivity index (χ1n) is 11.7. The number of rotatable bonds is 8. The third kappa shape index (κ3) is 5.53. The lowest BCUT2D eigenvalue weighted by atomic mass is 9.99. The summed E-state index contributed by atoms with van der Waals surface area (Å²) in [5.74, 6) is 0.583. The molecule has 5 nitrogen and oxygen atoms in total. The quantitative estimate of drug-likeness (QED) is 0.331. The molecule has 1 heterocycles. The summed E-state index contributed by atoms with van der Waals surface area (Å²) in [6.45, 7) is 0. The van der Waals surface area contributed by atoms with E-state index >= 15 is 0 Å². The zero-order valence-corrected chi connectivity index (χ0v) is 19.3. The lowest BCUT2D eigenvalue weighted by Gasteiger charge is -2.18. The van der Waals surface area contributed by atoms with E-state index in [0.717, 1.165) is 22.4 Å². The van der Waals surface area contributed by atoms with Crippen molar-refractivity contribution in [3.8, 4) is 5.69 Å². The van der Waals surface area contributed by atoms with Crippen molar-refractivity contribution in [2.24, 2.45) is 0 Å². The number of amides is 1. The predicted octanol–water partition coefficient (Wildman–Crippen LogP) is 5.57. The third-order valence-corrected chi connectivity index (χ3v) is 5.87. The Kier molecular flexibility index (Phi) is 6.76. The monoisotopic (exact) mass is 458 g/mol. The van der Waals surface area contributed by atoms with Crippen molar-refractivity contribution in [1.82, 2.24) is 20.1 Å². The Labute approximate surface area is 205 Å². The standard InChI is InChI=1S/C30H26N4O/c35-30(31-27(25-17-9-3-10-18-25)21-23-13-5-1-6-14-23)29-32-28(22-24-15-7-2-8-16-24)34(33-29)26-19-11-4-12-20-26/h1-20,27H,21-22H2,(H,31,35). The van der Waals surface area contributed by atoms with E-state index in [2.05, 4.69) is 39.7 Å². The molecule has 5 aromatic rings. The molecular formula is C30H26N4O. The number of carbonyl (C=O) groups excluding carboxylic acids is 1. The van der Waals surface area contributed by atoms with Crippen LogP contribution in [0.25, 0.3) is 5.69 Å². The second kappa shape index (κ2) is 10.6. The van der Waals surface area contributed by atoms with Gasteiger partial charge in [-0.1, -0.05) is 109 Å². The average molecular weight is 459 g/mol. The number of nitrogens with one attached hydrogen (secondary N) is 1. The molecule has 35 heavy (non-hydrogen) atoms. The molecule has 0 saturated carbocycles. The van der Waals surface area contributed by atoms with Crippen molar-refractivity contribution >= 4 is 5.91 Å². The molecule has 0 aliphatic rings. The molecular weight excluding hydrogens is 432 g/mol. The molecule has 1 amide bonds. The van der Waals surface area contributed by atoms with Gasteiger partial charge in [-0.2, -0.15) is 0 Å². The van der Waals surface area contributed by atoms with Crippen molar-refractivity contribution in [3.05, 3.63) is 150 Å². The molecule has 0 radical (unpaired) electrons. The zero-order chi connectivity index (χ0) is 23.9. The van der Waals surface area contributed by atoms with E-state index in [-0.39, 0.29) is 17.8 Å². The van der Waals surface area contributed by atoms with Crippen molar-refractivity contribution in [3.63, 3.8) is 0 Å². The van der Waals surface area contributed by atoms with Gasteiger partial charge in [-0.25, -0.2) is 9.67 Å². The summed E-state index contributed by atoms with van der Waals surface area (Å²) >= 11 is 0. The van der Waals surface area contributed by atoms with Crippen molar-refractivity contribution < 1.29 is 4.79 Å². The maximum Gasteiger partial charge on any atom is 0.291 e. The van der Waals surface area contributed by atoms with Gasteiger partial charge in [0.1, 0.15) is 5.82 Å². The minimum absolute atomic E-state index is 0.161. The highest BCUT2D eigenvalue weighted by atomic mass is 16.2. The van der Waals surface area contributed by atoms with Crippen LogP contribution in [0.3, 0.4) is 0 Å². The van der Waals surface area contributed by atoms with Gasteiger partial charge < -0.3 is 5.32 Å². The molecule has 1 atom stereocenters. The van der Waals surface area contributed by atoms with Gasteiger partial charge in [0, 0.05) is 6.42 Å². The van der Waals surface area contributed by atoms with E-state index in [4.69, 9.17) is 0 Å². The van der Waals surface area contributed by atoms with Crippen LogP contribution in [0, 0.1) is 0 Å². The Bertz CT molecular complexity index is 1370. The minimum atomic E-state index is -0.293. The first-order valence-corrected chi connectivity index (χ1v) is 11.7. The normalized spacial score (nSPS) is 11.7. The third-order valence-electron chi connectivity index (χ3n) is 5.87. The van der Waals surface area contributed by atoms with Crippen molar-refractivity contribution in [2.45, 2.75) is 18.9 Å². The minimum Gasteiger partial charge on any atom is -0.342 e. The Morgan fingerprint density at radius 1 is 0.714 bits per heavy atom. The van der Waals surface area contributed by atoms with Gasteiger partial charge in [0.2, 0.25) is 5.82 Å². The summed E-state index contributed by atoms with van der Waals surface area (Å²) in [5.41, 5.74) is 4.16. The van der Waals surface area contributed by atoms with Crippen LogP contribution in [0.2, 0.25) is 0 Å². The first kappa shape index (κ1) is 22.3. The molecule has 1 unspecified atom stereocenters. The number of para-hydroxylation sites is 1. The molecule has 0 bridgehead atoms. The topological polar surface area (TPSA) is 59.8 Å². The number of hydrogen-bond donors (Lipinski definition) is 1. The molecule has 172 valence electrons. The zero-order valence-electron chi connectivity index (χ0n) is 19.3. The van der Waals surface area contributed by atoms with Gasteiger partial charge >= 0.3 is 0 Å². The van der Waals surface area contributed by atoms with Gasteiger partial charge in [-0.3, -0.25) is 4.79 Å². The van der Waals surface area contributed by atoms with Gasteiger partial charge in [0.25, 0.3) is 5.91 Å². The van der Waals surface area contributed by atoms with E-state index in [0.29, 0.717) is 18.7 Å². The fourth-order valence-electron chi connectivity index (χ4n) is 4.12. The Hall–Kier alpha value is -4.51. The van der Waals surface area contributed by atoms with Crippen LogP contribution in [0.4, 0.5) is 0 Å². The summed E-state index contributed by atoms with van der Waals surface area (Å²) in [5, 5.41) is 7.80. The molecule has 0 saturated heterocycles. The number of carbonyl (C=O) groups is 1. The van der Waals surface area contributed by atoms with Crippen molar-refractivity contribution in [2.75, 3.05) is 0 Å². The highest BCUT2D eigenvalue weighted by molar-refractivity contribution is 5.90. The van der Waals surface area contributed by atoms with Crippen LogP contribution in [0.1, 0.15) is 39.2 Å². The highest BCUT2D eigenvalue weighted by Crippen LogP contribution is 2.20. The van der Waals surface area contributed by atoms with Crippen LogP contribution >= 0.6 is 0 Å². The predicted molar refractivity (Wildman–Crippen MR) is 137 cm³/mol. The average Bonchev–Trinajstić information content (AvgIpc) is 3.34. The largest absolute Gasteiger partial charge is 0.342 e. The molecule has 0 aliphatic carbocycles. The molecule has 1 aromatic heterocycles. The number of benzene rings is 4. The lowest BCUT2D eigenvalue weighted by Crippen LogP contribution is -2.31. The van der Waals surface area contributed by atoms with E-state index in [1.54, 1.807) is 4.68 Å². The summed E-state index contributed by atoms with van der Waals surface area (Å²) in [4.78, 5) is 18.1. The van der Waals surface area contributed by atoms with Gasteiger partial charge in [-0.15, -0.1) is 5.10 Å². The second-order valence-electron chi connectivity index (χ2n) is 8.39. The van der Waals surface area contributed by atoms with E-state index in [1.807, 2.05) is 97.1 Å². The Morgan fingerprint density at radius 3 is 1.89 bits per heavy atom. The second-order valence-corrected chi connectivity index (χ2v) is 8.39. The van der Waals surface area contributed by atoms with Crippen LogP contribution in [0.15, 0.2) is 121 Å². The smallest absolute Gasteiger partial charge is 0.291 e. The maximum absolute atomic E-state index is 13.4. The molecule has 0 aliphatic heterocycles. The fourth-order valence-corrected chi connectivity index (χ4v) is 4.12. The number of nitrogens with zero attached hydrogens (tertiary/aromatic N) is 3. The van der Waals surface area contributed by atoms with E-state index < -0.39 is 0 Å². The van der Waals surface area contributed by atoms with Crippen LogP contribution in [-0.2, 0) is 12.8 Å². The van der Waals surface area contributed by atoms with Crippen molar-refractivity contribution in [1.29, 1.82) is 0 Å². The summed E-state index contributed by atoms with van der Waals surface area (Å²) in [6.07, 6.45) is 1.25. The summed E-state index contributed by atoms with van der Waals surface area (Å²) in [6, 6.07) is 39.9. The van der Waals surface area contributed by atoms with Crippen LogP contribution in [-0.4, -0.2) is 20.7 Å². The number of hydrogen-bond acceptors (Lipinski definition) is 3. The first-order chi connectivity index (χ1) is 17.3. The van der Waals surface area contributed by atoms with E-state index in [1.165, 1.54) is 0 Å². The molecule has 1 N–H and O–H groups in total. The van der Waals surface area contributed by atoms with Crippen LogP contribution < -0.4 is 5.32 Å². The maximum atomic E-state index is 13.4. The molecule has 0 spiro atoms. The van der Waals surface area contributed by atoms with Gasteiger partial charge in [0.05, 0.1) is 11.7 Å². The summed E-state index contributed by atoms with van der Waals surface area (Å²) < 4.78 is 1.76. The molecule has 5 rings (SSSR count). The molecule has 5 heteroatoms. The molecule has 4 aromatic carbocycles. The van der Waals surface area contributed by atoms with Gasteiger partial charge in [-0.05, 0) is 35.2 Å². The van der Waals surface area contributed by atoms with Crippen LogP contribution in [0.5, 0.6) is 0 Å². The number of aromatic nitrogens is 3. The Balaban J connectivity index is 1.45. The van der Waals surface area contributed by atoms with Gasteiger partial charge in [0.15, 0.2) is 0 Å². The fraction of sp³-hybridized carbons (Fsp3) is 0.100. The summed E-state index contributed by atoms with van der Waals surface area (Å²) in [7, 11) is 0. The lowest BCUT2D eigenvalue weighted by molar-refractivity contribution is 0.0926. The SMILES string of the molecule is O=C(NC(Cc1ccccc1)c1ccccc1)c1nc(Cc2ccccc2)n(-c2ccccc2)n1. The molecule has 0 fully saturated rings.